The van der Waals surface area contributed by atoms with Gasteiger partial charge < -0.3 is 5.11 Å². The molecule has 1 nitrogen and oxygen atoms in total. The van der Waals surface area contributed by atoms with Crippen LogP contribution in [0.4, 0.5) is 0 Å². The van der Waals surface area contributed by atoms with Crippen LogP contribution in [0.15, 0.2) is 24.8 Å². The summed E-state index contributed by atoms with van der Waals surface area (Å²) in [6.45, 7) is 4.01. The number of unbranched alkanes of at least 4 members (excludes halogenated alkanes) is 9. The molecule has 0 aromatic heterocycles. The molecule has 0 amide bonds. The van der Waals surface area contributed by atoms with E-state index >= 15 is 0 Å². The highest BCUT2D eigenvalue weighted by molar-refractivity contribution is 4.96. The van der Waals surface area contributed by atoms with Crippen molar-refractivity contribution in [3.05, 3.63) is 24.8 Å². The minimum atomic E-state index is 0.359. The SMILES string of the molecule is C=C/C=C\CCCCCCCCCCCO. The quantitative estimate of drug-likeness (QED) is 0.379. The Hall–Kier alpha value is -0.560. The van der Waals surface area contributed by atoms with Crippen LogP contribution in [0.25, 0.3) is 0 Å². The molecular formula is C15H28O. The van der Waals surface area contributed by atoms with Crippen molar-refractivity contribution in [2.45, 2.75) is 64.2 Å². The Morgan fingerprint density at radius 2 is 1.25 bits per heavy atom. The molecule has 0 heterocycles. The number of hydrogen-bond donors (Lipinski definition) is 1. The molecule has 0 aromatic rings. The minimum Gasteiger partial charge on any atom is -0.396 e. The van der Waals surface area contributed by atoms with Crippen molar-refractivity contribution in [1.82, 2.24) is 0 Å². The first-order valence-corrected chi connectivity index (χ1v) is 6.80. The fraction of sp³-hybridized carbons (Fsp3) is 0.733. The van der Waals surface area contributed by atoms with Gasteiger partial charge in [0.25, 0.3) is 0 Å². The van der Waals surface area contributed by atoms with E-state index in [1.807, 2.05) is 12.2 Å². The van der Waals surface area contributed by atoms with Crippen LogP contribution in [-0.4, -0.2) is 11.7 Å². The van der Waals surface area contributed by atoms with Gasteiger partial charge >= 0.3 is 0 Å². The third-order valence-corrected chi connectivity index (χ3v) is 2.80. The molecule has 0 aliphatic carbocycles. The maximum absolute atomic E-state index is 8.62. The van der Waals surface area contributed by atoms with Crippen LogP contribution in [-0.2, 0) is 0 Å². The van der Waals surface area contributed by atoms with Crippen LogP contribution in [0.2, 0.25) is 0 Å². The molecule has 0 saturated heterocycles. The molecule has 0 atom stereocenters. The molecule has 0 saturated carbocycles. The summed E-state index contributed by atoms with van der Waals surface area (Å²) in [5.74, 6) is 0. The van der Waals surface area contributed by atoms with E-state index in [1.165, 1.54) is 57.8 Å². The van der Waals surface area contributed by atoms with Gasteiger partial charge in [0.1, 0.15) is 0 Å². The van der Waals surface area contributed by atoms with Gasteiger partial charge in [-0.1, -0.05) is 69.8 Å². The van der Waals surface area contributed by atoms with Gasteiger partial charge in [0.05, 0.1) is 0 Å². The van der Waals surface area contributed by atoms with E-state index in [4.69, 9.17) is 5.11 Å². The van der Waals surface area contributed by atoms with Crippen LogP contribution < -0.4 is 0 Å². The van der Waals surface area contributed by atoms with Gasteiger partial charge in [-0.05, 0) is 19.3 Å². The number of aliphatic hydroxyl groups excluding tert-OH is 1. The van der Waals surface area contributed by atoms with Crippen molar-refractivity contribution in [1.29, 1.82) is 0 Å². The van der Waals surface area contributed by atoms with Crippen LogP contribution in [0.3, 0.4) is 0 Å². The number of rotatable bonds is 12. The van der Waals surface area contributed by atoms with Crippen molar-refractivity contribution in [2.75, 3.05) is 6.61 Å². The molecule has 94 valence electrons. The lowest BCUT2D eigenvalue weighted by Crippen LogP contribution is -1.84. The minimum absolute atomic E-state index is 0.359. The van der Waals surface area contributed by atoms with E-state index in [0.29, 0.717) is 6.61 Å². The predicted octanol–water partition coefficient (Wildman–Crippen LogP) is 4.62. The van der Waals surface area contributed by atoms with Crippen molar-refractivity contribution in [3.8, 4) is 0 Å². The van der Waals surface area contributed by atoms with E-state index in [1.54, 1.807) is 0 Å². The summed E-state index contributed by atoms with van der Waals surface area (Å²) in [6.07, 6.45) is 18.9. The average Bonchev–Trinajstić information content (AvgIpc) is 2.31. The standard InChI is InChI=1S/C15H28O/c1-2-3-4-5-6-7-8-9-10-11-12-13-14-15-16/h2-4,16H,1,5-15H2/b4-3-. The number of hydrogen-bond acceptors (Lipinski definition) is 1. The Morgan fingerprint density at radius 3 is 1.75 bits per heavy atom. The number of allylic oxidation sites excluding steroid dienone is 3. The Kier molecular flexibility index (Phi) is 13.9. The molecule has 1 N–H and O–H groups in total. The molecule has 16 heavy (non-hydrogen) atoms. The largest absolute Gasteiger partial charge is 0.396 e. The van der Waals surface area contributed by atoms with Crippen LogP contribution in [0, 0.1) is 0 Å². The van der Waals surface area contributed by atoms with Crippen molar-refractivity contribution >= 4 is 0 Å². The highest BCUT2D eigenvalue weighted by atomic mass is 16.2. The fourth-order valence-electron chi connectivity index (χ4n) is 1.80. The lowest BCUT2D eigenvalue weighted by atomic mass is 10.1. The van der Waals surface area contributed by atoms with Gasteiger partial charge in [0.15, 0.2) is 0 Å². The summed E-state index contributed by atoms with van der Waals surface area (Å²) in [5.41, 5.74) is 0. The zero-order valence-corrected chi connectivity index (χ0v) is 10.7. The summed E-state index contributed by atoms with van der Waals surface area (Å²) in [5, 5.41) is 8.62. The van der Waals surface area contributed by atoms with E-state index < -0.39 is 0 Å². The smallest absolute Gasteiger partial charge is 0.0431 e. The van der Waals surface area contributed by atoms with Crippen molar-refractivity contribution in [2.24, 2.45) is 0 Å². The van der Waals surface area contributed by atoms with Crippen LogP contribution in [0.5, 0.6) is 0 Å². The van der Waals surface area contributed by atoms with Gasteiger partial charge in [0.2, 0.25) is 0 Å². The van der Waals surface area contributed by atoms with Crippen LogP contribution >= 0.6 is 0 Å². The van der Waals surface area contributed by atoms with Crippen molar-refractivity contribution < 1.29 is 5.11 Å². The van der Waals surface area contributed by atoms with E-state index in [-0.39, 0.29) is 0 Å². The second kappa shape index (κ2) is 14.4. The summed E-state index contributed by atoms with van der Waals surface area (Å²) in [6, 6.07) is 0. The van der Waals surface area contributed by atoms with Crippen molar-refractivity contribution in [3.63, 3.8) is 0 Å². The zero-order chi connectivity index (χ0) is 11.9. The molecule has 0 aliphatic rings. The topological polar surface area (TPSA) is 20.2 Å². The molecular weight excluding hydrogens is 196 g/mol. The van der Waals surface area contributed by atoms with Crippen LogP contribution in [0.1, 0.15) is 64.2 Å². The molecule has 0 radical (unpaired) electrons. The zero-order valence-electron chi connectivity index (χ0n) is 10.7. The molecule has 0 unspecified atom stereocenters. The fourth-order valence-corrected chi connectivity index (χ4v) is 1.80. The first-order valence-electron chi connectivity index (χ1n) is 6.80. The Labute approximate surface area is 101 Å². The average molecular weight is 224 g/mol. The molecule has 1 heteroatoms. The normalized spacial score (nSPS) is 11.1. The molecule has 0 rings (SSSR count). The molecule has 0 aromatic carbocycles. The highest BCUT2D eigenvalue weighted by Gasteiger charge is 1.91. The maximum Gasteiger partial charge on any atom is 0.0431 e. The molecule has 0 spiro atoms. The monoisotopic (exact) mass is 224 g/mol. The maximum atomic E-state index is 8.62. The molecule has 0 aliphatic heterocycles. The van der Waals surface area contributed by atoms with Gasteiger partial charge in [-0.2, -0.15) is 0 Å². The summed E-state index contributed by atoms with van der Waals surface area (Å²) in [7, 11) is 0. The third-order valence-electron chi connectivity index (χ3n) is 2.80. The lowest BCUT2D eigenvalue weighted by molar-refractivity contribution is 0.282. The van der Waals surface area contributed by atoms with Gasteiger partial charge in [-0.15, -0.1) is 0 Å². The first-order chi connectivity index (χ1) is 7.91. The summed E-state index contributed by atoms with van der Waals surface area (Å²) < 4.78 is 0. The van der Waals surface area contributed by atoms with E-state index in [9.17, 15) is 0 Å². The summed E-state index contributed by atoms with van der Waals surface area (Å²) >= 11 is 0. The second-order valence-corrected chi connectivity index (χ2v) is 4.36. The molecule has 0 bridgehead atoms. The molecule has 0 fully saturated rings. The Balaban J connectivity index is 2.93. The lowest BCUT2D eigenvalue weighted by Gasteiger charge is -2.00. The van der Waals surface area contributed by atoms with E-state index in [0.717, 1.165) is 6.42 Å². The van der Waals surface area contributed by atoms with E-state index in [2.05, 4.69) is 12.7 Å². The predicted molar refractivity (Wildman–Crippen MR) is 72.6 cm³/mol. The van der Waals surface area contributed by atoms with Gasteiger partial charge in [0, 0.05) is 6.61 Å². The Bertz CT molecular complexity index is 161. The van der Waals surface area contributed by atoms with Gasteiger partial charge in [-0.3, -0.25) is 0 Å². The Morgan fingerprint density at radius 1 is 0.750 bits per heavy atom. The third kappa shape index (κ3) is 13.4. The second-order valence-electron chi connectivity index (χ2n) is 4.36. The highest BCUT2D eigenvalue weighted by Crippen LogP contribution is 2.10. The number of aliphatic hydroxyl groups is 1. The first kappa shape index (κ1) is 15.4. The summed E-state index contributed by atoms with van der Waals surface area (Å²) in [4.78, 5) is 0. The van der Waals surface area contributed by atoms with Gasteiger partial charge in [-0.25, -0.2) is 0 Å².